The third kappa shape index (κ3) is 4.60. The first-order valence-corrected chi connectivity index (χ1v) is 10.0. The minimum Gasteiger partial charge on any atom is -0.379 e. The molecular weight excluding hydrogens is 364 g/mol. The summed E-state index contributed by atoms with van der Waals surface area (Å²) in [5.74, 6) is -0.103. The second-order valence-corrected chi connectivity index (χ2v) is 7.45. The van der Waals surface area contributed by atoms with Crippen LogP contribution in [0.3, 0.4) is 0 Å². The Bertz CT molecular complexity index is 1000. The molecule has 2 aromatic carbocycles. The molecule has 29 heavy (non-hydrogen) atoms. The lowest BCUT2D eigenvalue weighted by Gasteiger charge is -2.31. The van der Waals surface area contributed by atoms with Crippen LogP contribution in [0.5, 0.6) is 0 Å². The molecule has 0 aliphatic carbocycles. The Hall–Kier alpha value is -2.83. The van der Waals surface area contributed by atoms with Gasteiger partial charge in [0.25, 0.3) is 5.91 Å². The van der Waals surface area contributed by atoms with E-state index in [2.05, 4.69) is 32.3 Å². The summed E-state index contributed by atoms with van der Waals surface area (Å²) in [6.45, 7) is 7.85. The highest BCUT2D eigenvalue weighted by molar-refractivity contribution is 5.97. The van der Waals surface area contributed by atoms with Gasteiger partial charge in [0.1, 0.15) is 0 Å². The SMILES string of the molecule is Cc1nc2ccc(C(=O)NC(CN3CCOCC3)c3ccccc3)cc2nc1C. The summed E-state index contributed by atoms with van der Waals surface area (Å²) in [5.41, 5.74) is 5.02. The average Bonchev–Trinajstić information content (AvgIpc) is 2.75. The molecular formula is C23H26N4O2. The van der Waals surface area contributed by atoms with Crippen molar-refractivity contribution < 1.29 is 9.53 Å². The highest BCUT2D eigenvalue weighted by atomic mass is 16.5. The van der Waals surface area contributed by atoms with E-state index in [4.69, 9.17) is 4.74 Å². The number of hydrogen-bond donors (Lipinski definition) is 1. The van der Waals surface area contributed by atoms with Crippen molar-refractivity contribution in [2.75, 3.05) is 32.8 Å². The van der Waals surface area contributed by atoms with Crippen molar-refractivity contribution in [1.29, 1.82) is 0 Å². The molecule has 1 unspecified atom stereocenters. The van der Waals surface area contributed by atoms with Crippen LogP contribution in [0.1, 0.15) is 33.4 Å². The molecule has 1 atom stereocenters. The Labute approximate surface area is 170 Å². The quantitative estimate of drug-likeness (QED) is 0.725. The zero-order valence-electron chi connectivity index (χ0n) is 16.9. The van der Waals surface area contributed by atoms with Gasteiger partial charge in [0.2, 0.25) is 0 Å². The topological polar surface area (TPSA) is 67.4 Å². The second kappa shape index (κ2) is 8.68. The number of morpholine rings is 1. The summed E-state index contributed by atoms with van der Waals surface area (Å²) in [7, 11) is 0. The van der Waals surface area contributed by atoms with Gasteiger partial charge in [-0.15, -0.1) is 0 Å². The van der Waals surface area contributed by atoms with Crippen molar-refractivity contribution in [3.63, 3.8) is 0 Å². The van der Waals surface area contributed by atoms with Crippen molar-refractivity contribution in [3.8, 4) is 0 Å². The molecule has 1 saturated heterocycles. The van der Waals surface area contributed by atoms with E-state index in [1.165, 1.54) is 0 Å². The summed E-state index contributed by atoms with van der Waals surface area (Å²) in [6, 6.07) is 15.5. The predicted octanol–water partition coefficient (Wildman–Crippen LogP) is 3.05. The van der Waals surface area contributed by atoms with E-state index in [0.29, 0.717) is 5.56 Å². The number of carbonyl (C=O) groups is 1. The number of aromatic nitrogens is 2. The lowest BCUT2D eigenvalue weighted by molar-refractivity contribution is 0.0332. The normalized spacial score (nSPS) is 15.9. The van der Waals surface area contributed by atoms with E-state index < -0.39 is 0 Å². The van der Waals surface area contributed by atoms with Gasteiger partial charge < -0.3 is 10.1 Å². The highest BCUT2D eigenvalue weighted by Gasteiger charge is 2.21. The van der Waals surface area contributed by atoms with Crippen molar-refractivity contribution in [1.82, 2.24) is 20.2 Å². The van der Waals surface area contributed by atoms with Crippen LogP contribution >= 0.6 is 0 Å². The largest absolute Gasteiger partial charge is 0.379 e. The molecule has 1 fully saturated rings. The first kappa shape index (κ1) is 19.5. The van der Waals surface area contributed by atoms with E-state index >= 15 is 0 Å². The summed E-state index contributed by atoms with van der Waals surface area (Å²) >= 11 is 0. The van der Waals surface area contributed by atoms with Crippen LogP contribution in [-0.4, -0.2) is 53.6 Å². The Morgan fingerprint density at radius 3 is 2.45 bits per heavy atom. The second-order valence-electron chi connectivity index (χ2n) is 7.45. The monoisotopic (exact) mass is 390 g/mol. The maximum Gasteiger partial charge on any atom is 0.251 e. The average molecular weight is 390 g/mol. The Morgan fingerprint density at radius 1 is 1.03 bits per heavy atom. The van der Waals surface area contributed by atoms with Gasteiger partial charge in [0.05, 0.1) is 41.7 Å². The van der Waals surface area contributed by atoms with Gasteiger partial charge in [0.15, 0.2) is 0 Å². The molecule has 0 bridgehead atoms. The lowest BCUT2D eigenvalue weighted by atomic mass is 10.0. The van der Waals surface area contributed by atoms with E-state index in [1.54, 1.807) is 0 Å². The van der Waals surface area contributed by atoms with Crippen LogP contribution in [-0.2, 0) is 4.74 Å². The molecule has 1 amide bonds. The van der Waals surface area contributed by atoms with E-state index in [-0.39, 0.29) is 11.9 Å². The zero-order valence-corrected chi connectivity index (χ0v) is 16.9. The van der Waals surface area contributed by atoms with Gasteiger partial charge >= 0.3 is 0 Å². The number of ether oxygens (including phenoxy) is 1. The van der Waals surface area contributed by atoms with E-state index in [9.17, 15) is 4.79 Å². The van der Waals surface area contributed by atoms with Gasteiger partial charge in [-0.2, -0.15) is 0 Å². The Balaban J connectivity index is 1.57. The molecule has 150 valence electrons. The minimum absolute atomic E-state index is 0.0941. The van der Waals surface area contributed by atoms with Crippen LogP contribution in [0.15, 0.2) is 48.5 Å². The third-order valence-electron chi connectivity index (χ3n) is 5.39. The molecule has 6 heteroatoms. The van der Waals surface area contributed by atoms with E-state index in [0.717, 1.165) is 60.8 Å². The highest BCUT2D eigenvalue weighted by Crippen LogP contribution is 2.18. The molecule has 3 aromatic rings. The van der Waals surface area contributed by atoms with Gasteiger partial charge in [0, 0.05) is 25.2 Å². The molecule has 6 nitrogen and oxygen atoms in total. The summed E-state index contributed by atoms with van der Waals surface area (Å²) in [5, 5.41) is 3.22. The number of aryl methyl sites for hydroxylation is 2. The summed E-state index contributed by atoms with van der Waals surface area (Å²) in [6.07, 6.45) is 0. The fraction of sp³-hybridized carbons (Fsp3) is 0.348. The van der Waals surface area contributed by atoms with Gasteiger partial charge in [-0.05, 0) is 37.6 Å². The molecule has 4 rings (SSSR count). The number of nitrogens with zero attached hydrogens (tertiary/aromatic N) is 3. The smallest absolute Gasteiger partial charge is 0.251 e. The summed E-state index contributed by atoms with van der Waals surface area (Å²) in [4.78, 5) is 24.5. The number of amides is 1. The summed E-state index contributed by atoms with van der Waals surface area (Å²) < 4.78 is 5.45. The van der Waals surface area contributed by atoms with Crippen molar-refractivity contribution in [3.05, 3.63) is 71.0 Å². The maximum atomic E-state index is 13.1. The molecule has 1 aliphatic heterocycles. The van der Waals surface area contributed by atoms with Crippen LogP contribution < -0.4 is 5.32 Å². The molecule has 1 N–H and O–H groups in total. The fourth-order valence-electron chi connectivity index (χ4n) is 3.58. The van der Waals surface area contributed by atoms with Crippen LogP contribution in [0, 0.1) is 13.8 Å². The Morgan fingerprint density at radius 2 is 1.72 bits per heavy atom. The number of benzene rings is 2. The molecule has 0 spiro atoms. The first-order valence-electron chi connectivity index (χ1n) is 10.0. The molecule has 0 radical (unpaired) electrons. The number of hydrogen-bond acceptors (Lipinski definition) is 5. The van der Waals surface area contributed by atoms with Crippen molar-refractivity contribution >= 4 is 16.9 Å². The van der Waals surface area contributed by atoms with Crippen LogP contribution in [0.2, 0.25) is 0 Å². The number of rotatable bonds is 5. The number of fused-ring (bicyclic) bond motifs is 1. The predicted molar refractivity (Wildman–Crippen MR) is 113 cm³/mol. The number of carbonyl (C=O) groups excluding carboxylic acids is 1. The number of nitrogens with one attached hydrogen (secondary N) is 1. The maximum absolute atomic E-state index is 13.1. The van der Waals surface area contributed by atoms with Crippen LogP contribution in [0.25, 0.3) is 11.0 Å². The minimum atomic E-state index is -0.103. The van der Waals surface area contributed by atoms with Gasteiger partial charge in [-0.1, -0.05) is 30.3 Å². The first-order chi connectivity index (χ1) is 14.1. The van der Waals surface area contributed by atoms with Crippen molar-refractivity contribution in [2.45, 2.75) is 19.9 Å². The lowest BCUT2D eigenvalue weighted by Crippen LogP contribution is -2.43. The zero-order chi connectivity index (χ0) is 20.2. The standard InChI is InChI=1S/C23H26N4O2/c1-16-17(2)25-21-14-19(8-9-20(21)24-16)23(28)26-22(18-6-4-3-5-7-18)15-27-10-12-29-13-11-27/h3-9,14,22H,10-13,15H2,1-2H3,(H,26,28). The van der Waals surface area contributed by atoms with Crippen molar-refractivity contribution in [2.24, 2.45) is 0 Å². The van der Waals surface area contributed by atoms with E-state index in [1.807, 2.05) is 50.2 Å². The van der Waals surface area contributed by atoms with Crippen LogP contribution in [0.4, 0.5) is 0 Å². The fourth-order valence-corrected chi connectivity index (χ4v) is 3.58. The molecule has 0 saturated carbocycles. The molecule has 2 heterocycles. The molecule has 1 aliphatic rings. The van der Waals surface area contributed by atoms with Gasteiger partial charge in [-0.25, -0.2) is 9.97 Å². The third-order valence-corrected chi connectivity index (χ3v) is 5.39. The Kier molecular flexibility index (Phi) is 5.83. The van der Waals surface area contributed by atoms with Gasteiger partial charge in [-0.3, -0.25) is 9.69 Å². The molecule has 1 aromatic heterocycles.